The van der Waals surface area contributed by atoms with Gasteiger partial charge in [0.25, 0.3) is 0 Å². The monoisotopic (exact) mass is 282 g/mol. The molecule has 2 nitrogen and oxygen atoms in total. The molecular weight excluding hydrogens is 268 g/mol. The van der Waals surface area contributed by atoms with Crippen molar-refractivity contribution in [2.75, 3.05) is 0 Å². The van der Waals surface area contributed by atoms with E-state index in [0.717, 1.165) is 27.5 Å². The van der Waals surface area contributed by atoms with E-state index in [9.17, 15) is 0 Å². The Hall–Kier alpha value is -2.06. The van der Waals surface area contributed by atoms with Gasteiger partial charge in [0.1, 0.15) is 0 Å². The lowest BCUT2D eigenvalue weighted by atomic mass is 10.0. The van der Waals surface area contributed by atoms with Crippen LogP contribution in [0.3, 0.4) is 0 Å². The van der Waals surface area contributed by atoms with Crippen molar-refractivity contribution in [2.24, 2.45) is 0 Å². The molecule has 100 valence electrons. The summed E-state index contributed by atoms with van der Waals surface area (Å²) in [6, 6.07) is 16.3. The summed E-state index contributed by atoms with van der Waals surface area (Å²) in [6.07, 6.45) is 1.99. The SMILES string of the molecule is Cc1ccn(-c2cc(-c3ccc(Cl)cc3)ccc2C)n1. The fourth-order valence-electron chi connectivity index (χ4n) is 2.23. The largest absolute Gasteiger partial charge is 0.240 e. The fraction of sp³-hybridized carbons (Fsp3) is 0.118. The number of benzene rings is 2. The molecule has 0 N–H and O–H groups in total. The Morgan fingerprint density at radius 1 is 0.900 bits per heavy atom. The van der Waals surface area contributed by atoms with Gasteiger partial charge in [0.2, 0.25) is 0 Å². The molecule has 0 aliphatic heterocycles. The van der Waals surface area contributed by atoms with Gasteiger partial charge in [-0.1, -0.05) is 35.9 Å². The summed E-state index contributed by atoms with van der Waals surface area (Å²) in [4.78, 5) is 0. The second kappa shape index (κ2) is 5.14. The average molecular weight is 283 g/mol. The molecule has 1 heterocycles. The summed E-state index contributed by atoms with van der Waals surface area (Å²) >= 11 is 5.94. The van der Waals surface area contributed by atoms with E-state index in [1.54, 1.807) is 0 Å². The number of hydrogen-bond acceptors (Lipinski definition) is 1. The van der Waals surface area contributed by atoms with Crippen LogP contribution >= 0.6 is 11.6 Å². The minimum absolute atomic E-state index is 0.754. The summed E-state index contributed by atoms with van der Waals surface area (Å²) in [7, 11) is 0. The Morgan fingerprint density at radius 3 is 2.25 bits per heavy atom. The number of aromatic nitrogens is 2. The highest BCUT2D eigenvalue weighted by atomic mass is 35.5. The number of rotatable bonds is 2. The van der Waals surface area contributed by atoms with Crippen molar-refractivity contribution in [2.45, 2.75) is 13.8 Å². The lowest BCUT2D eigenvalue weighted by Gasteiger charge is -2.09. The third-order valence-electron chi connectivity index (χ3n) is 3.36. The Morgan fingerprint density at radius 2 is 1.60 bits per heavy atom. The van der Waals surface area contributed by atoms with Gasteiger partial charge in [-0.15, -0.1) is 0 Å². The third-order valence-corrected chi connectivity index (χ3v) is 3.61. The topological polar surface area (TPSA) is 17.8 Å². The molecule has 0 aliphatic carbocycles. The van der Waals surface area contributed by atoms with Crippen LogP contribution in [-0.2, 0) is 0 Å². The molecule has 3 rings (SSSR count). The third kappa shape index (κ3) is 2.47. The lowest BCUT2D eigenvalue weighted by Crippen LogP contribution is -1.98. The van der Waals surface area contributed by atoms with E-state index in [2.05, 4.69) is 30.2 Å². The average Bonchev–Trinajstić information content (AvgIpc) is 2.87. The van der Waals surface area contributed by atoms with E-state index in [-0.39, 0.29) is 0 Å². The molecule has 0 atom stereocenters. The van der Waals surface area contributed by atoms with Crippen molar-refractivity contribution in [3.63, 3.8) is 0 Å². The van der Waals surface area contributed by atoms with E-state index in [1.807, 2.05) is 48.1 Å². The molecule has 3 heteroatoms. The number of hydrogen-bond donors (Lipinski definition) is 0. The molecule has 0 aliphatic rings. The van der Waals surface area contributed by atoms with Crippen LogP contribution in [0.2, 0.25) is 5.02 Å². The summed E-state index contributed by atoms with van der Waals surface area (Å²) in [5, 5.41) is 5.24. The van der Waals surface area contributed by atoms with Crippen LogP contribution in [0.1, 0.15) is 11.3 Å². The van der Waals surface area contributed by atoms with Gasteiger partial charge in [-0.2, -0.15) is 5.10 Å². The molecule has 0 spiro atoms. The van der Waals surface area contributed by atoms with Crippen molar-refractivity contribution < 1.29 is 0 Å². The smallest absolute Gasteiger partial charge is 0.0680 e. The van der Waals surface area contributed by atoms with Crippen molar-refractivity contribution in [1.82, 2.24) is 9.78 Å². The molecule has 0 saturated heterocycles. The van der Waals surface area contributed by atoms with Gasteiger partial charge in [0, 0.05) is 11.2 Å². The van der Waals surface area contributed by atoms with Crippen LogP contribution in [0.4, 0.5) is 0 Å². The quantitative estimate of drug-likeness (QED) is 0.659. The molecule has 20 heavy (non-hydrogen) atoms. The summed E-state index contributed by atoms with van der Waals surface area (Å²) in [6.45, 7) is 4.09. The molecule has 0 amide bonds. The first-order chi connectivity index (χ1) is 9.63. The highest BCUT2D eigenvalue weighted by Gasteiger charge is 2.05. The standard InChI is InChI=1S/C17H15ClN2/c1-12-3-4-15(14-5-7-16(18)8-6-14)11-17(12)20-10-9-13(2)19-20/h3-11H,1-2H3. The maximum atomic E-state index is 5.94. The van der Waals surface area contributed by atoms with Crippen LogP contribution in [0.5, 0.6) is 0 Å². The van der Waals surface area contributed by atoms with Crippen LogP contribution in [0, 0.1) is 13.8 Å². The van der Waals surface area contributed by atoms with Crippen LogP contribution in [0.15, 0.2) is 54.7 Å². The second-order valence-electron chi connectivity index (χ2n) is 4.91. The molecule has 0 unspecified atom stereocenters. The van der Waals surface area contributed by atoms with Crippen molar-refractivity contribution >= 4 is 11.6 Å². The predicted molar refractivity (Wildman–Crippen MR) is 83.5 cm³/mol. The molecule has 0 fully saturated rings. The van der Waals surface area contributed by atoms with E-state index in [1.165, 1.54) is 5.56 Å². The van der Waals surface area contributed by atoms with Crippen LogP contribution in [0.25, 0.3) is 16.8 Å². The molecule has 1 aromatic heterocycles. The van der Waals surface area contributed by atoms with Gasteiger partial charge in [-0.25, -0.2) is 4.68 Å². The molecule has 0 radical (unpaired) electrons. The van der Waals surface area contributed by atoms with Crippen molar-refractivity contribution in [3.05, 3.63) is 71.0 Å². The van der Waals surface area contributed by atoms with Gasteiger partial charge in [-0.05, 0) is 54.8 Å². The predicted octanol–water partition coefficient (Wildman–Crippen LogP) is 4.81. The van der Waals surface area contributed by atoms with Gasteiger partial charge >= 0.3 is 0 Å². The molecule has 0 saturated carbocycles. The zero-order valence-corrected chi connectivity index (χ0v) is 12.2. The normalized spacial score (nSPS) is 10.8. The van der Waals surface area contributed by atoms with Gasteiger partial charge < -0.3 is 0 Å². The second-order valence-corrected chi connectivity index (χ2v) is 5.35. The van der Waals surface area contributed by atoms with Crippen molar-refractivity contribution in [1.29, 1.82) is 0 Å². The lowest BCUT2D eigenvalue weighted by molar-refractivity contribution is 0.856. The highest BCUT2D eigenvalue weighted by molar-refractivity contribution is 6.30. The summed E-state index contributed by atoms with van der Waals surface area (Å²) < 4.78 is 1.92. The van der Waals surface area contributed by atoms with Gasteiger partial charge in [-0.3, -0.25) is 0 Å². The number of halogens is 1. The zero-order valence-electron chi connectivity index (χ0n) is 11.5. The molecule has 3 aromatic rings. The molecule has 0 bridgehead atoms. The molecule has 2 aromatic carbocycles. The summed E-state index contributed by atoms with van der Waals surface area (Å²) in [5.41, 5.74) is 5.63. The zero-order chi connectivity index (χ0) is 14.1. The maximum Gasteiger partial charge on any atom is 0.0680 e. The first-order valence-electron chi connectivity index (χ1n) is 6.53. The van der Waals surface area contributed by atoms with Crippen LogP contribution < -0.4 is 0 Å². The Labute approximate surface area is 123 Å². The van der Waals surface area contributed by atoms with E-state index >= 15 is 0 Å². The first-order valence-corrected chi connectivity index (χ1v) is 6.90. The molecular formula is C17H15ClN2. The van der Waals surface area contributed by atoms with E-state index in [0.29, 0.717) is 0 Å². The Balaban J connectivity index is 2.08. The Bertz CT molecular complexity index is 742. The van der Waals surface area contributed by atoms with Gasteiger partial charge in [0.05, 0.1) is 11.4 Å². The Kier molecular flexibility index (Phi) is 3.33. The summed E-state index contributed by atoms with van der Waals surface area (Å²) in [5.74, 6) is 0. The minimum atomic E-state index is 0.754. The van der Waals surface area contributed by atoms with Crippen molar-refractivity contribution in [3.8, 4) is 16.8 Å². The van der Waals surface area contributed by atoms with Crippen LogP contribution in [-0.4, -0.2) is 9.78 Å². The van der Waals surface area contributed by atoms with Gasteiger partial charge in [0.15, 0.2) is 0 Å². The first kappa shape index (κ1) is 12.9. The highest BCUT2D eigenvalue weighted by Crippen LogP contribution is 2.25. The fourth-order valence-corrected chi connectivity index (χ4v) is 2.35. The maximum absolute atomic E-state index is 5.94. The number of aryl methyl sites for hydroxylation is 2. The van der Waals surface area contributed by atoms with E-state index < -0.39 is 0 Å². The number of nitrogens with zero attached hydrogens (tertiary/aromatic N) is 2. The van der Waals surface area contributed by atoms with E-state index in [4.69, 9.17) is 11.6 Å². The minimum Gasteiger partial charge on any atom is -0.240 e.